The van der Waals surface area contributed by atoms with Crippen LogP contribution < -0.4 is 10.7 Å². The summed E-state index contributed by atoms with van der Waals surface area (Å²) in [5, 5.41) is 2.93. The van der Waals surface area contributed by atoms with Crippen molar-refractivity contribution in [2.45, 2.75) is 40.7 Å². The lowest BCUT2D eigenvalue weighted by Gasteiger charge is -2.21. The second-order valence-electron chi connectivity index (χ2n) is 7.78. The van der Waals surface area contributed by atoms with E-state index < -0.39 is 0 Å². The molecule has 5 heteroatoms. The van der Waals surface area contributed by atoms with Crippen LogP contribution >= 0.6 is 0 Å². The van der Waals surface area contributed by atoms with Crippen molar-refractivity contribution in [1.82, 2.24) is 9.55 Å². The van der Waals surface area contributed by atoms with Crippen molar-refractivity contribution in [3.63, 3.8) is 0 Å². The van der Waals surface area contributed by atoms with Gasteiger partial charge in [0.1, 0.15) is 5.56 Å². The first-order valence-corrected chi connectivity index (χ1v) is 9.86. The van der Waals surface area contributed by atoms with Gasteiger partial charge >= 0.3 is 0 Å². The summed E-state index contributed by atoms with van der Waals surface area (Å²) in [5.74, 6) is -0.0617. The lowest BCUT2D eigenvalue weighted by Crippen LogP contribution is -2.29. The van der Waals surface area contributed by atoms with Crippen molar-refractivity contribution in [1.29, 1.82) is 0 Å². The number of aromatic nitrogens is 2. The number of nitrogens with one attached hydrogen (secondary N) is 1. The molecule has 0 bridgehead atoms. The zero-order valence-corrected chi connectivity index (χ0v) is 17.4. The number of para-hydroxylation sites is 1. The summed E-state index contributed by atoms with van der Waals surface area (Å²) in [6, 6.07) is 13.0. The number of anilines is 1. The normalized spacial score (nSPS) is 10.9. The highest BCUT2D eigenvalue weighted by atomic mass is 16.2. The molecule has 29 heavy (non-hydrogen) atoms. The minimum atomic E-state index is -0.358. The summed E-state index contributed by atoms with van der Waals surface area (Å²) in [4.78, 5) is 30.1. The maximum atomic E-state index is 13.2. The lowest BCUT2D eigenvalue weighted by molar-refractivity contribution is 0.102. The first kappa shape index (κ1) is 20.5. The maximum Gasteiger partial charge on any atom is 0.261 e. The number of carbonyl (C=O) groups excluding carboxylic acids is 1. The number of aryl methyl sites for hydroxylation is 2. The summed E-state index contributed by atoms with van der Waals surface area (Å²) < 4.78 is 2.07. The summed E-state index contributed by atoms with van der Waals surface area (Å²) in [5.41, 5.74) is 4.34. The van der Waals surface area contributed by atoms with E-state index in [4.69, 9.17) is 0 Å². The average Bonchev–Trinajstić information content (AvgIpc) is 2.67. The summed E-state index contributed by atoms with van der Waals surface area (Å²) in [6.07, 6.45) is 4.14. The molecule has 0 saturated carbocycles. The molecular formula is C24H27N3O2. The van der Waals surface area contributed by atoms with Crippen LogP contribution in [0.5, 0.6) is 0 Å². The highest BCUT2D eigenvalue weighted by Crippen LogP contribution is 2.19. The van der Waals surface area contributed by atoms with Crippen molar-refractivity contribution in [2.75, 3.05) is 5.32 Å². The molecule has 1 aromatic carbocycles. The number of pyridine rings is 2. The first-order valence-electron chi connectivity index (χ1n) is 9.86. The molecule has 1 N–H and O–H groups in total. The molecule has 0 unspecified atom stereocenters. The fourth-order valence-corrected chi connectivity index (χ4v) is 3.46. The number of rotatable bonds is 6. The first-order chi connectivity index (χ1) is 13.9. The van der Waals surface area contributed by atoms with Crippen molar-refractivity contribution >= 4 is 11.6 Å². The van der Waals surface area contributed by atoms with Gasteiger partial charge in [0.25, 0.3) is 5.91 Å². The summed E-state index contributed by atoms with van der Waals surface area (Å²) in [7, 11) is 0. The Labute approximate surface area is 171 Å². The molecule has 5 nitrogen and oxygen atoms in total. The van der Waals surface area contributed by atoms with E-state index in [1.165, 1.54) is 0 Å². The minimum absolute atomic E-state index is 0.224. The van der Waals surface area contributed by atoms with Crippen LogP contribution in [-0.2, 0) is 13.0 Å². The van der Waals surface area contributed by atoms with Gasteiger partial charge < -0.3 is 9.88 Å². The molecule has 2 heterocycles. The minimum Gasteiger partial charge on any atom is -0.343 e. The monoisotopic (exact) mass is 389 g/mol. The highest BCUT2D eigenvalue weighted by molar-refractivity contribution is 6.05. The van der Waals surface area contributed by atoms with Gasteiger partial charge in [-0.25, -0.2) is 0 Å². The van der Waals surface area contributed by atoms with Gasteiger partial charge in [-0.15, -0.1) is 0 Å². The van der Waals surface area contributed by atoms with Gasteiger partial charge in [-0.3, -0.25) is 14.6 Å². The molecule has 0 spiro atoms. The van der Waals surface area contributed by atoms with Crippen molar-refractivity contribution in [3.05, 3.63) is 93.2 Å². The van der Waals surface area contributed by atoms with Gasteiger partial charge in [-0.05, 0) is 55.5 Å². The molecule has 0 atom stereocenters. The maximum absolute atomic E-state index is 13.2. The Bertz CT molecular complexity index is 1070. The van der Waals surface area contributed by atoms with Crippen LogP contribution in [0.1, 0.15) is 46.7 Å². The Kier molecular flexibility index (Phi) is 6.27. The molecule has 0 fully saturated rings. The molecule has 3 rings (SSSR count). The number of benzene rings is 1. The van der Waals surface area contributed by atoms with E-state index >= 15 is 0 Å². The standard InChI is InChI=1S/C24H27N3O2/c1-16(2)13-21-23(24(29)26-20-8-6-5-7-17(20)3)22(28)14-18(4)27(21)15-19-9-11-25-12-10-19/h5-12,14,16H,13,15H2,1-4H3,(H,26,29). The summed E-state index contributed by atoms with van der Waals surface area (Å²) in [6.45, 7) is 8.61. The third-order valence-corrected chi connectivity index (χ3v) is 4.94. The Hall–Kier alpha value is -3.21. The average molecular weight is 389 g/mol. The molecule has 3 aromatic rings. The van der Waals surface area contributed by atoms with E-state index in [1.54, 1.807) is 18.5 Å². The Balaban J connectivity index is 2.09. The number of hydrogen-bond donors (Lipinski definition) is 1. The molecule has 0 radical (unpaired) electrons. The second kappa shape index (κ2) is 8.86. The SMILES string of the molecule is Cc1ccccc1NC(=O)c1c(CC(C)C)n(Cc2ccncc2)c(C)cc1=O. The molecule has 0 aliphatic rings. The second-order valence-corrected chi connectivity index (χ2v) is 7.78. The lowest BCUT2D eigenvalue weighted by atomic mass is 10.00. The fraction of sp³-hybridized carbons (Fsp3) is 0.292. The molecule has 150 valence electrons. The topological polar surface area (TPSA) is 64.0 Å². The van der Waals surface area contributed by atoms with Gasteiger partial charge in [0.2, 0.25) is 0 Å². The highest BCUT2D eigenvalue weighted by Gasteiger charge is 2.21. The third-order valence-electron chi connectivity index (χ3n) is 4.94. The Morgan fingerprint density at radius 1 is 1.10 bits per heavy atom. The van der Waals surface area contributed by atoms with Crippen LogP contribution in [-0.4, -0.2) is 15.5 Å². The van der Waals surface area contributed by atoms with Gasteiger partial charge in [-0.2, -0.15) is 0 Å². The van der Waals surface area contributed by atoms with Crippen LogP contribution in [0.2, 0.25) is 0 Å². The Morgan fingerprint density at radius 2 is 1.79 bits per heavy atom. The zero-order valence-electron chi connectivity index (χ0n) is 17.4. The van der Waals surface area contributed by atoms with Crippen LogP contribution in [0, 0.1) is 19.8 Å². The van der Waals surface area contributed by atoms with Crippen LogP contribution in [0.25, 0.3) is 0 Å². The van der Waals surface area contributed by atoms with Crippen molar-refractivity contribution in [2.24, 2.45) is 5.92 Å². The number of hydrogen-bond acceptors (Lipinski definition) is 3. The molecule has 1 amide bonds. The van der Waals surface area contributed by atoms with Gasteiger partial charge in [0.05, 0.1) is 0 Å². The predicted octanol–water partition coefficient (Wildman–Crippen LogP) is 4.36. The molecule has 2 aromatic heterocycles. The van der Waals surface area contributed by atoms with Gasteiger partial charge in [-0.1, -0.05) is 32.0 Å². The molecule has 0 saturated heterocycles. The summed E-state index contributed by atoms with van der Waals surface area (Å²) >= 11 is 0. The largest absolute Gasteiger partial charge is 0.343 e. The number of nitrogens with zero attached hydrogens (tertiary/aromatic N) is 2. The predicted molar refractivity (Wildman–Crippen MR) is 116 cm³/mol. The zero-order chi connectivity index (χ0) is 21.0. The van der Waals surface area contributed by atoms with Crippen molar-refractivity contribution in [3.8, 4) is 0 Å². The van der Waals surface area contributed by atoms with Crippen molar-refractivity contribution < 1.29 is 4.79 Å². The third kappa shape index (κ3) is 4.80. The van der Waals surface area contributed by atoms with Crippen LogP contribution in [0.15, 0.2) is 59.7 Å². The van der Waals surface area contributed by atoms with Gasteiger partial charge in [0, 0.05) is 42.1 Å². The molecule has 0 aliphatic heterocycles. The van der Waals surface area contributed by atoms with Crippen LogP contribution in [0.4, 0.5) is 5.69 Å². The van der Waals surface area contributed by atoms with Crippen LogP contribution in [0.3, 0.4) is 0 Å². The smallest absolute Gasteiger partial charge is 0.261 e. The van der Waals surface area contributed by atoms with E-state index in [0.29, 0.717) is 24.6 Å². The van der Waals surface area contributed by atoms with E-state index in [0.717, 1.165) is 22.5 Å². The number of amides is 1. The van der Waals surface area contributed by atoms with Gasteiger partial charge in [0.15, 0.2) is 5.43 Å². The molecule has 0 aliphatic carbocycles. The molecular weight excluding hydrogens is 362 g/mol. The van der Waals surface area contributed by atoms with E-state index in [2.05, 4.69) is 28.7 Å². The quantitative estimate of drug-likeness (QED) is 0.681. The van der Waals surface area contributed by atoms with E-state index in [-0.39, 0.29) is 16.9 Å². The van der Waals surface area contributed by atoms with E-state index in [9.17, 15) is 9.59 Å². The fourth-order valence-electron chi connectivity index (χ4n) is 3.46. The van der Waals surface area contributed by atoms with E-state index in [1.807, 2.05) is 50.2 Å². The Morgan fingerprint density at radius 3 is 2.45 bits per heavy atom. The number of carbonyl (C=O) groups is 1.